The molecule has 1 amide bonds. The van der Waals surface area contributed by atoms with Gasteiger partial charge in [-0.15, -0.1) is 0 Å². The third kappa shape index (κ3) is 2.46. The molecular weight excluding hydrogens is 364 g/mol. The number of rotatable bonds is 2. The van der Waals surface area contributed by atoms with Crippen LogP contribution < -0.4 is 5.43 Å². The Bertz CT molecular complexity index is 1260. The normalized spacial score (nSPS) is 16.6. The SMILES string of the molecule is O=CN1CCc2c([nH]c3ccc(Cl)cc23)C1c1cc(=O)c2ccccc2o1. The zero-order valence-electron chi connectivity index (χ0n) is 14.2. The lowest BCUT2D eigenvalue weighted by atomic mass is 9.96. The van der Waals surface area contributed by atoms with E-state index < -0.39 is 6.04 Å². The van der Waals surface area contributed by atoms with Crippen LogP contribution in [-0.4, -0.2) is 22.8 Å². The third-order valence-electron chi connectivity index (χ3n) is 5.18. The molecule has 6 heteroatoms. The van der Waals surface area contributed by atoms with Crippen molar-refractivity contribution in [2.45, 2.75) is 12.5 Å². The summed E-state index contributed by atoms with van der Waals surface area (Å²) >= 11 is 6.17. The lowest BCUT2D eigenvalue weighted by Crippen LogP contribution is -2.35. The van der Waals surface area contributed by atoms with E-state index in [2.05, 4.69) is 4.98 Å². The Kier molecular flexibility index (Phi) is 3.58. The molecule has 2 aromatic carbocycles. The van der Waals surface area contributed by atoms with E-state index >= 15 is 0 Å². The van der Waals surface area contributed by atoms with Crippen LogP contribution in [0.15, 0.2) is 57.7 Å². The molecule has 0 saturated heterocycles. The number of hydrogen-bond acceptors (Lipinski definition) is 3. The Morgan fingerprint density at radius 1 is 1.15 bits per heavy atom. The molecule has 1 aliphatic rings. The molecule has 0 fully saturated rings. The molecule has 3 heterocycles. The van der Waals surface area contributed by atoms with E-state index in [1.165, 1.54) is 6.07 Å². The summed E-state index contributed by atoms with van der Waals surface area (Å²) in [5, 5.41) is 2.23. The van der Waals surface area contributed by atoms with Crippen LogP contribution in [0.4, 0.5) is 0 Å². The first-order valence-corrected chi connectivity index (χ1v) is 9.07. The standard InChI is InChI=1S/C21H15ClN2O3/c22-12-5-6-16-15(9-12)13-7-8-24(11-25)21(20(13)23-16)19-10-17(26)14-3-1-2-4-18(14)27-19/h1-6,9-11,21,23H,7-8H2. The smallest absolute Gasteiger partial charge is 0.210 e. The lowest BCUT2D eigenvalue weighted by molar-refractivity contribution is -0.120. The van der Waals surface area contributed by atoms with Gasteiger partial charge in [-0.25, -0.2) is 0 Å². The van der Waals surface area contributed by atoms with Gasteiger partial charge in [0.05, 0.1) is 11.1 Å². The number of amides is 1. The highest BCUT2D eigenvalue weighted by Gasteiger charge is 2.33. The number of halogens is 1. The highest BCUT2D eigenvalue weighted by Crippen LogP contribution is 2.38. The summed E-state index contributed by atoms with van der Waals surface area (Å²) in [6, 6.07) is 13.8. The van der Waals surface area contributed by atoms with Gasteiger partial charge in [-0.2, -0.15) is 0 Å². The first-order chi connectivity index (χ1) is 13.2. The quantitative estimate of drug-likeness (QED) is 0.535. The molecule has 5 rings (SSSR count). The summed E-state index contributed by atoms with van der Waals surface area (Å²) in [4.78, 5) is 29.4. The molecule has 0 spiro atoms. The van der Waals surface area contributed by atoms with Crippen LogP contribution in [-0.2, 0) is 11.2 Å². The fraction of sp³-hybridized carbons (Fsp3) is 0.143. The molecule has 134 valence electrons. The van der Waals surface area contributed by atoms with E-state index in [-0.39, 0.29) is 5.43 Å². The molecule has 1 unspecified atom stereocenters. The number of aromatic nitrogens is 1. The molecule has 1 atom stereocenters. The molecule has 1 aliphatic heterocycles. The number of benzene rings is 2. The van der Waals surface area contributed by atoms with Gasteiger partial charge in [-0.05, 0) is 42.3 Å². The monoisotopic (exact) mass is 378 g/mol. The number of H-pyrrole nitrogens is 1. The van der Waals surface area contributed by atoms with Crippen molar-refractivity contribution in [1.29, 1.82) is 0 Å². The van der Waals surface area contributed by atoms with Crippen molar-refractivity contribution in [3.05, 3.63) is 80.8 Å². The minimum absolute atomic E-state index is 0.121. The predicted molar refractivity (Wildman–Crippen MR) is 104 cm³/mol. The average molecular weight is 379 g/mol. The second-order valence-corrected chi connectivity index (χ2v) is 7.15. The largest absolute Gasteiger partial charge is 0.458 e. The Morgan fingerprint density at radius 2 is 2.00 bits per heavy atom. The number of aromatic amines is 1. The lowest BCUT2D eigenvalue weighted by Gasteiger charge is -2.32. The van der Waals surface area contributed by atoms with Gasteiger partial charge < -0.3 is 14.3 Å². The molecule has 0 aliphatic carbocycles. The third-order valence-corrected chi connectivity index (χ3v) is 5.42. The van der Waals surface area contributed by atoms with Gasteiger partial charge in [0.2, 0.25) is 6.41 Å². The Balaban J connectivity index is 1.77. The zero-order valence-corrected chi connectivity index (χ0v) is 15.0. The van der Waals surface area contributed by atoms with Crippen molar-refractivity contribution >= 4 is 39.9 Å². The first kappa shape index (κ1) is 16.1. The van der Waals surface area contributed by atoms with Crippen LogP contribution in [0.3, 0.4) is 0 Å². The van der Waals surface area contributed by atoms with Gasteiger partial charge in [-0.1, -0.05) is 23.7 Å². The molecule has 1 N–H and O–H groups in total. The fourth-order valence-corrected chi connectivity index (χ4v) is 4.13. The number of carbonyl (C=O) groups excluding carboxylic acids is 1. The fourth-order valence-electron chi connectivity index (χ4n) is 3.96. The maximum absolute atomic E-state index is 12.6. The number of carbonyl (C=O) groups is 1. The van der Waals surface area contributed by atoms with Crippen molar-refractivity contribution in [3.8, 4) is 0 Å². The van der Waals surface area contributed by atoms with Crippen molar-refractivity contribution in [3.63, 3.8) is 0 Å². The highest BCUT2D eigenvalue weighted by molar-refractivity contribution is 6.31. The molecule has 0 saturated carbocycles. The van der Waals surface area contributed by atoms with Crippen LogP contribution in [0.25, 0.3) is 21.9 Å². The van der Waals surface area contributed by atoms with Crippen LogP contribution in [0.2, 0.25) is 5.02 Å². The maximum atomic E-state index is 12.6. The van der Waals surface area contributed by atoms with E-state index in [1.807, 2.05) is 24.3 Å². The molecule has 0 bridgehead atoms. The van der Waals surface area contributed by atoms with Crippen molar-refractivity contribution in [2.75, 3.05) is 6.54 Å². The van der Waals surface area contributed by atoms with Crippen molar-refractivity contribution in [2.24, 2.45) is 0 Å². The molecule has 4 aromatic rings. The van der Waals surface area contributed by atoms with E-state index in [0.717, 1.165) is 28.6 Å². The van der Waals surface area contributed by atoms with E-state index in [4.69, 9.17) is 16.0 Å². The molecule has 27 heavy (non-hydrogen) atoms. The molecule has 2 aromatic heterocycles. The highest BCUT2D eigenvalue weighted by atomic mass is 35.5. The van der Waals surface area contributed by atoms with Gasteiger partial charge >= 0.3 is 0 Å². The predicted octanol–water partition coefficient (Wildman–Crippen LogP) is 4.03. The Labute approximate surface area is 159 Å². The first-order valence-electron chi connectivity index (χ1n) is 8.69. The second-order valence-electron chi connectivity index (χ2n) is 6.71. The second kappa shape index (κ2) is 5.99. The van der Waals surface area contributed by atoms with Crippen LogP contribution >= 0.6 is 11.6 Å². The molecule has 0 radical (unpaired) electrons. The van der Waals surface area contributed by atoms with Crippen LogP contribution in [0.5, 0.6) is 0 Å². The zero-order chi connectivity index (χ0) is 18.5. The van der Waals surface area contributed by atoms with Crippen LogP contribution in [0.1, 0.15) is 23.1 Å². The number of nitrogens with zero attached hydrogens (tertiary/aromatic N) is 1. The molecular formula is C21H15ClN2O3. The van der Waals surface area contributed by atoms with E-state index in [1.54, 1.807) is 23.1 Å². The number of para-hydroxylation sites is 1. The summed E-state index contributed by atoms with van der Waals surface area (Å²) < 4.78 is 6.04. The summed E-state index contributed by atoms with van der Waals surface area (Å²) in [5.74, 6) is 0.449. The van der Waals surface area contributed by atoms with E-state index in [0.29, 0.717) is 34.7 Å². The van der Waals surface area contributed by atoms with Gasteiger partial charge in [-0.3, -0.25) is 9.59 Å². The van der Waals surface area contributed by atoms with Crippen molar-refractivity contribution in [1.82, 2.24) is 9.88 Å². The van der Waals surface area contributed by atoms with Gasteiger partial charge in [0, 0.05) is 28.5 Å². The summed E-state index contributed by atoms with van der Waals surface area (Å²) in [7, 11) is 0. The summed E-state index contributed by atoms with van der Waals surface area (Å²) in [5.41, 5.74) is 3.31. The van der Waals surface area contributed by atoms with Gasteiger partial charge in [0.1, 0.15) is 17.4 Å². The maximum Gasteiger partial charge on any atom is 0.210 e. The average Bonchev–Trinajstić information content (AvgIpc) is 3.05. The summed E-state index contributed by atoms with van der Waals surface area (Å²) in [6.45, 7) is 0.539. The van der Waals surface area contributed by atoms with Crippen molar-refractivity contribution < 1.29 is 9.21 Å². The number of hydrogen-bond donors (Lipinski definition) is 1. The molecule has 5 nitrogen and oxygen atoms in total. The number of fused-ring (bicyclic) bond motifs is 4. The Morgan fingerprint density at radius 3 is 2.85 bits per heavy atom. The Hall–Kier alpha value is -3.05. The van der Waals surface area contributed by atoms with Gasteiger partial charge in [0.25, 0.3) is 0 Å². The topological polar surface area (TPSA) is 66.3 Å². The number of nitrogens with one attached hydrogen (secondary N) is 1. The minimum atomic E-state index is -0.477. The van der Waals surface area contributed by atoms with Gasteiger partial charge in [0.15, 0.2) is 5.43 Å². The summed E-state index contributed by atoms with van der Waals surface area (Å²) in [6.07, 6.45) is 1.52. The minimum Gasteiger partial charge on any atom is -0.458 e. The van der Waals surface area contributed by atoms with E-state index in [9.17, 15) is 9.59 Å². The van der Waals surface area contributed by atoms with Crippen LogP contribution in [0, 0.1) is 0 Å².